The highest BCUT2D eigenvalue weighted by molar-refractivity contribution is 5.13. The van der Waals surface area contributed by atoms with Gasteiger partial charge < -0.3 is 10.3 Å². The standard InChI is InChI=1S/C9H15N3/c1-12-6-8(11-7-12)9(10)4-2-3-5-9/h6-7H,2-5,10H2,1H3. The summed E-state index contributed by atoms with van der Waals surface area (Å²) in [6, 6.07) is 0. The third-order valence-electron chi connectivity index (χ3n) is 2.71. The van der Waals surface area contributed by atoms with E-state index in [0.717, 1.165) is 18.5 Å². The lowest BCUT2D eigenvalue weighted by Gasteiger charge is -2.20. The van der Waals surface area contributed by atoms with E-state index in [1.165, 1.54) is 12.8 Å². The Hall–Kier alpha value is -0.830. The van der Waals surface area contributed by atoms with Gasteiger partial charge in [-0.3, -0.25) is 0 Å². The van der Waals surface area contributed by atoms with Crippen molar-refractivity contribution in [2.24, 2.45) is 12.8 Å². The van der Waals surface area contributed by atoms with E-state index < -0.39 is 0 Å². The zero-order chi connectivity index (χ0) is 8.60. The molecule has 0 atom stereocenters. The molecule has 12 heavy (non-hydrogen) atoms. The Balaban J connectivity index is 2.28. The predicted octanol–water partition coefficient (Wildman–Crippen LogP) is 1.15. The first-order valence-corrected chi connectivity index (χ1v) is 4.48. The van der Waals surface area contributed by atoms with Gasteiger partial charge in [0.1, 0.15) is 0 Å². The van der Waals surface area contributed by atoms with Crippen molar-refractivity contribution in [1.82, 2.24) is 9.55 Å². The minimum absolute atomic E-state index is 0.124. The topological polar surface area (TPSA) is 43.8 Å². The number of rotatable bonds is 1. The van der Waals surface area contributed by atoms with Gasteiger partial charge in [0, 0.05) is 13.2 Å². The minimum Gasteiger partial charge on any atom is -0.340 e. The van der Waals surface area contributed by atoms with Crippen LogP contribution in [0.3, 0.4) is 0 Å². The van der Waals surface area contributed by atoms with Crippen molar-refractivity contribution < 1.29 is 0 Å². The molecule has 0 saturated heterocycles. The Bertz CT molecular complexity index is 271. The van der Waals surface area contributed by atoms with Crippen LogP contribution in [0.2, 0.25) is 0 Å². The maximum Gasteiger partial charge on any atom is 0.0947 e. The van der Waals surface area contributed by atoms with Crippen molar-refractivity contribution in [1.29, 1.82) is 0 Å². The van der Waals surface area contributed by atoms with Gasteiger partial charge in [-0.15, -0.1) is 0 Å². The number of hydrogen-bond acceptors (Lipinski definition) is 2. The van der Waals surface area contributed by atoms with E-state index >= 15 is 0 Å². The molecule has 1 heterocycles. The molecular formula is C9H15N3. The summed E-state index contributed by atoms with van der Waals surface area (Å²) in [6.07, 6.45) is 8.52. The lowest BCUT2D eigenvalue weighted by Crippen LogP contribution is -2.33. The zero-order valence-corrected chi connectivity index (χ0v) is 7.45. The van der Waals surface area contributed by atoms with Crippen LogP contribution < -0.4 is 5.73 Å². The molecule has 2 N–H and O–H groups in total. The average Bonchev–Trinajstić information content (AvgIpc) is 2.59. The van der Waals surface area contributed by atoms with Gasteiger partial charge in [0.25, 0.3) is 0 Å². The average molecular weight is 165 g/mol. The van der Waals surface area contributed by atoms with Crippen LogP contribution in [0.25, 0.3) is 0 Å². The lowest BCUT2D eigenvalue weighted by atomic mass is 9.96. The first-order chi connectivity index (χ1) is 5.71. The molecule has 1 fully saturated rings. The maximum atomic E-state index is 6.22. The summed E-state index contributed by atoms with van der Waals surface area (Å²) >= 11 is 0. The number of aryl methyl sites for hydroxylation is 1. The molecular weight excluding hydrogens is 150 g/mol. The van der Waals surface area contributed by atoms with Crippen LogP contribution in [0.4, 0.5) is 0 Å². The third kappa shape index (κ3) is 1.14. The Kier molecular flexibility index (Phi) is 1.68. The zero-order valence-electron chi connectivity index (χ0n) is 7.45. The second-order valence-corrected chi connectivity index (χ2v) is 3.79. The maximum absolute atomic E-state index is 6.22. The van der Waals surface area contributed by atoms with E-state index in [2.05, 4.69) is 4.98 Å². The number of nitrogens with two attached hydrogens (primary N) is 1. The number of imidazole rings is 1. The molecule has 0 spiro atoms. The van der Waals surface area contributed by atoms with Gasteiger partial charge in [-0.2, -0.15) is 0 Å². The van der Waals surface area contributed by atoms with E-state index in [0.29, 0.717) is 0 Å². The van der Waals surface area contributed by atoms with Crippen LogP contribution in [0.1, 0.15) is 31.4 Å². The largest absolute Gasteiger partial charge is 0.340 e. The van der Waals surface area contributed by atoms with E-state index in [1.807, 2.05) is 24.1 Å². The highest BCUT2D eigenvalue weighted by Crippen LogP contribution is 2.34. The molecule has 3 heteroatoms. The second-order valence-electron chi connectivity index (χ2n) is 3.79. The summed E-state index contributed by atoms with van der Waals surface area (Å²) < 4.78 is 1.96. The fourth-order valence-electron chi connectivity index (χ4n) is 1.93. The Labute approximate surface area is 72.6 Å². The Morgan fingerprint density at radius 3 is 2.67 bits per heavy atom. The molecule has 0 bridgehead atoms. The molecule has 1 aliphatic carbocycles. The van der Waals surface area contributed by atoms with E-state index in [-0.39, 0.29) is 5.54 Å². The molecule has 0 unspecified atom stereocenters. The molecule has 0 aliphatic heterocycles. The van der Waals surface area contributed by atoms with Gasteiger partial charge in [-0.1, -0.05) is 12.8 Å². The van der Waals surface area contributed by atoms with Crippen LogP contribution in [-0.2, 0) is 12.6 Å². The van der Waals surface area contributed by atoms with E-state index in [9.17, 15) is 0 Å². The van der Waals surface area contributed by atoms with Crippen LogP contribution in [0, 0.1) is 0 Å². The summed E-state index contributed by atoms with van der Waals surface area (Å²) in [6.45, 7) is 0. The minimum atomic E-state index is -0.124. The summed E-state index contributed by atoms with van der Waals surface area (Å²) in [4.78, 5) is 4.31. The number of hydrogen-bond donors (Lipinski definition) is 1. The SMILES string of the molecule is Cn1cnc(C2(N)CCCC2)c1. The summed E-state index contributed by atoms with van der Waals surface area (Å²) in [5.74, 6) is 0. The predicted molar refractivity (Wildman–Crippen MR) is 47.5 cm³/mol. The highest BCUT2D eigenvalue weighted by Gasteiger charge is 2.32. The molecule has 1 aromatic heterocycles. The van der Waals surface area contributed by atoms with Crippen molar-refractivity contribution in [3.63, 3.8) is 0 Å². The summed E-state index contributed by atoms with van der Waals surface area (Å²) in [5.41, 5.74) is 7.15. The van der Waals surface area contributed by atoms with Crippen LogP contribution in [0.5, 0.6) is 0 Å². The van der Waals surface area contributed by atoms with Crippen molar-refractivity contribution >= 4 is 0 Å². The van der Waals surface area contributed by atoms with E-state index in [4.69, 9.17) is 5.73 Å². The number of aromatic nitrogens is 2. The van der Waals surface area contributed by atoms with Crippen molar-refractivity contribution in [3.8, 4) is 0 Å². The van der Waals surface area contributed by atoms with E-state index in [1.54, 1.807) is 0 Å². The van der Waals surface area contributed by atoms with Crippen LogP contribution >= 0.6 is 0 Å². The molecule has 0 radical (unpaired) electrons. The molecule has 1 aliphatic rings. The summed E-state index contributed by atoms with van der Waals surface area (Å²) in [7, 11) is 1.98. The van der Waals surface area contributed by atoms with Crippen LogP contribution in [0.15, 0.2) is 12.5 Å². The third-order valence-corrected chi connectivity index (χ3v) is 2.71. The highest BCUT2D eigenvalue weighted by atomic mass is 15.0. The van der Waals surface area contributed by atoms with Gasteiger partial charge in [0.15, 0.2) is 0 Å². The van der Waals surface area contributed by atoms with Gasteiger partial charge in [-0.05, 0) is 12.8 Å². The molecule has 2 rings (SSSR count). The normalized spacial score (nSPS) is 21.5. The van der Waals surface area contributed by atoms with Crippen LogP contribution in [-0.4, -0.2) is 9.55 Å². The Morgan fingerprint density at radius 1 is 1.50 bits per heavy atom. The molecule has 0 amide bonds. The van der Waals surface area contributed by atoms with Gasteiger partial charge in [-0.25, -0.2) is 4.98 Å². The molecule has 66 valence electrons. The van der Waals surface area contributed by atoms with Gasteiger partial charge in [0.2, 0.25) is 0 Å². The number of nitrogens with zero attached hydrogens (tertiary/aromatic N) is 2. The quantitative estimate of drug-likeness (QED) is 0.678. The van der Waals surface area contributed by atoms with Gasteiger partial charge >= 0.3 is 0 Å². The monoisotopic (exact) mass is 165 g/mol. The van der Waals surface area contributed by atoms with Crippen molar-refractivity contribution in [2.45, 2.75) is 31.2 Å². The lowest BCUT2D eigenvalue weighted by molar-refractivity contribution is 0.449. The first-order valence-electron chi connectivity index (χ1n) is 4.48. The van der Waals surface area contributed by atoms with Gasteiger partial charge in [0.05, 0.1) is 17.6 Å². The van der Waals surface area contributed by atoms with Crippen molar-refractivity contribution in [3.05, 3.63) is 18.2 Å². The first kappa shape index (κ1) is 7.80. The van der Waals surface area contributed by atoms with Crippen molar-refractivity contribution in [2.75, 3.05) is 0 Å². The molecule has 1 aromatic rings. The second kappa shape index (κ2) is 2.59. The molecule has 3 nitrogen and oxygen atoms in total. The smallest absolute Gasteiger partial charge is 0.0947 e. The Morgan fingerprint density at radius 2 is 2.17 bits per heavy atom. The summed E-state index contributed by atoms with van der Waals surface area (Å²) in [5, 5.41) is 0. The molecule has 0 aromatic carbocycles. The molecule has 1 saturated carbocycles. The fourth-order valence-corrected chi connectivity index (χ4v) is 1.93. The fraction of sp³-hybridized carbons (Fsp3) is 0.667.